The Morgan fingerprint density at radius 2 is 2.25 bits per heavy atom. The van der Waals surface area contributed by atoms with Gasteiger partial charge >= 0.3 is 0 Å². The molecule has 4 heterocycles. The van der Waals surface area contributed by atoms with Crippen LogP contribution in [0.1, 0.15) is 11.4 Å². The molecule has 0 radical (unpaired) electrons. The van der Waals surface area contributed by atoms with Crippen molar-refractivity contribution in [3.63, 3.8) is 0 Å². The first kappa shape index (κ1) is 14.5. The largest absolute Gasteiger partial charge is 0.324 e. The van der Waals surface area contributed by atoms with Gasteiger partial charge in [-0.25, -0.2) is 15.0 Å². The molecule has 1 amide bonds. The monoisotopic (exact) mass is 339 g/mol. The molecule has 0 fully saturated rings. The number of aromatic amines is 1. The third kappa shape index (κ3) is 2.88. The van der Waals surface area contributed by atoms with Gasteiger partial charge in [-0.2, -0.15) is 5.10 Å². The minimum Gasteiger partial charge on any atom is -0.324 e. The van der Waals surface area contributed by atoms with E-state index in [0.717, 1.165) is 17.0 Å². The molecular weight excluding hydrogens is 326 g/mol. The van der Waals surface area contributed by atoms with Crippen LogP contribution < -0.4 is 5.32 Å². The third-order valence-corrected chi connectivity index (χ3v) is 4.26. The number of anilines is 1. The number of amides is 1. The van der Waals surface area contributed by atoms with Crippen molar-refractivity contribution in [3.8, 4) is 10.8 Å². The van der Waals surface area contributed by atoms with Gasteiger partial charge in [-0.1, -0.05) is 0 Å². The molecule has 9 heteroatoms. The number of hydrogen-bond acceptors (Lipinski definition) is 6. The van der Waals surface area contributed by atoms with Crippen LogP contribution in [0.4, 0.5) is 5.69 Å². The van der Waals surface area contributed by atoms with E-state index in [9.17, 15) is 4.79 Å². The van der Waals surface area contributed by atoms with Gasteiger partial charge in [0, 0.05) is 17.8 Å². The molecule has 4 aromatic heterocycles. The first-order valence-corrected chi connectivity index (χ1v) is 8.11. The van der Waals surface area contributed by atoms with Crippen molar-refractivity contribution in [2.24, 2.45) is 0 Å². The van der Waals surface area contributed by atoms with Crippen LogP contribution in [-0.2, 0) is 11.2 Å². The molecule has 24 heavy (non-hydrogen) atoms. The molecule has 0 bridgehead atoms. The minimum atomic E-state index is -0.124. The fourth-order valence-electron chi connectivity index (χ4n) is 2.37. The fraction of sp³-hybridized carbons (Fsp3) is 0.133. The van der Waals surface area contributed by atoms with Gasteiger partial charge in [-0.3, -0.25) is 9.89 Å². The highest BCUT2D eigenvalue weighted by Gasteiger charge is 2.11. The third-order valence-electron chi connectivity index (χ3n) is 3.37. The number of carbonyl (C=O) groups excluding carboxylic acids is 1. The summed E-state index contributed by atoms with van der Waals surface area (Å²) in [4.78, 5) is 25.0. The molecule has 0 aromatic carbocycles. The topological polar surface area (TPSA) is 101 Å². The molecule has 0 aliphatic rings. The van der Waals surface area contributed by atoms with Crippen LogP contribution in [0.5, 0.6) is 0 Å². The van der Waals surface area contributed by atoms with Crippen molar-refractivity contribution in [1.82, 2.24) is 29.5 Å². The Kier molecular flexibility index (Phi) is 3.54. The summed E-state index contributed by atoms with van der Waals surface area (Å²) in [5.74, 6) is 0.480. The number of carbonyl (C=O) groups is 1. The van der Waals surface area contributed by atoms with E-state index in [1.165, 1.54) is 17.7 Å². The van der Waals surface area contributed by atoms with Gasteiger partial charge in [0.25, 0.3) is 0 Å². The molecule has 0 aliphatic carbocycles. The highest BCUT2D eigenvalue weighted by Crippen LogP contribution is 2.20. The van der Waals surface area contributed by atoms with Crippen LogP contribution in [0.15, 0.2) is 36.2 Å². The number of aryl methyl sites for hydroxylation is 1. The molecular formula is C15H13N7OS. The average Bonchev–Trinajstić information content (AvgIpc) is 3.25. The van der Waals surface area contributed by atoms with Gasteiger partial charge in [0.2, 0.25) is 5.91 Å². The van der Waals surface area contributed by atoms with E-state index < -0.39 is 0 Å². The molecule has 4 rings (SSSR count). The number of nitrogens with zero attached hydrogens (tertiary/aromatic N) is 5. The summed E-state index contributed by atoms with van der Waals surface area (Å²) in [5, 5.41) is 12.0. The van der Waals surface area contributed by atoms with E-state index in [0.29, 0.717) is 16.5 Å². The molecule has 2 N–H and O–H groups in total. The van der Waals surface area contributed by atoms with Gasteiger partial charge in [0.1, 0.15) is 12.0 Å². The van der Waals surface area contributed by atoms with Crippen molar-refractivity contribution < 1.29 is 4.79 Å². The lowest BCUT2D eigenvalue weighted by molar-refractivity contribution is -0.115. The quantitative estimate of drug-likeness (QED) is 0.593. The van der Waals surface area contributed by atoms with E-state index in [4.69, 9.17) is 0 Å². The Morgan fingerprint density at radius 3 is 3.08 bits per heavy atom. The van der Waals surface area contributed by atoms with Gasteiger partial charge < -0.3 is 9.72 Å². The molecule has 0 aliphatic heterocycles. The number of pyridine rings is 1. The molecule has 0 atom stereocenters. The first-order valence-electron chi connectivity index (χ1n) is 7.23. The second kappa shape index (κ2) is 5.85. The zero-order valence-corrected chi connectivity index (χ0v) is 13.5. The van der Waals surface area contributed by atoms with Gasteiger partial charge in [-0.15, -0.1) is 11.3 Å². The van der Waals surface area contributed by atoms with Crippen LogP contribution >= 0.6 is 11.3 Å². The number of rotatable bonds is 4. The zero-order valence-electron chi connectivity index (χ0n) is 12.7. The van der Waals surface area contributed by atoms with Crippen molar-refractivity contribution in [2.75, 3.05) is 5.32 Å². The Labute approximate surface area is 140 Å². The van der Waals surface area contributed by atoms with E-state index in [2.05, 4.69) is 30.5 Å². The van der Waals surface area contributed by atoms with Crippen molar-refractivity contribution in [1.29, 1.82) is 0 Å². The summed E-state index contributed by atoms with van der Waals surface area (Å²) in [5.41, 5.74) is 3.20. The van der Waals surface area contributed by atoms with E-state index in [1.54, 1.807) is 0 Å². The molecule has 120 valence electrons. The van der Waals surface area contributed by atoms with Crippen molar-refractivity contribution >= 4 is 28.6 Å². The number of aromatic nitrogens is 6. The smallest absolute Gasteiger partial charge is 0.230 e. The number of nitrogens with one attached hydrogen (secondary N) is 2. The number of fused-ring (bicyclic) bond motifs is 1. The number of thiazole rings is 1. The molecule has 0 saturated heterocycles. The van der Waals surface area contributed by atoms with Crippen LogP contribution in [0.2, 0.25) is 0 Å². The highest BCUT2D eigenvalue weighted by molar-refractivity contribution is 7.13. The minimum absolute atomic E-state index is 0.124. The molecule has 4 aromatic rings. The van der Waals surface area contributed by atoms with Gasteiger partial charge in [-0.05, 0) is 19.1 Å². The fourth-order valence-corrected chi connectivity index (χ4v) is 3.13. The lowest BCUT2D eigenvalue weighted by Crippen LogP contribution is -2.14. The van der Waals surface area contributed by atoms with Crippen LogP contribution in [-0.4, -0.2) is 35.5 Å². The predicted octanol–water partition coefficient (Wildman–Crippen LogP) is 2.07. The van der Waals surface area contributed by atoms with E-state index >= 15 is 0 Å². The number of H-pyrrole nitrogens is 1. The van der Waals surface area contributed by atoms with Crippen molar-refractivity contribution in [3.05, 3.63) is 47.6 Å². The SMILES string of the molecule is Cc1cn2cc(NC(=O)Cc3csc(-c4ncn[nH]4)n3)ccc2n1. The number of imidazole rings is 1. The van der Waals surface area contributed by atoms with E-state index in [1.807, 2.05) is 41.2 Å². The summed E-state index contributed by atoms with van der Waals surface area (Å²) in [7, 11) is 0. The highest BCUT2D eigenvalue weighted by atomic mass is 32.1. The van der Waals surface area contributed by atoms with E-state index in [-0.39, 0.29) is 12.3 Å². The standard InChI is InChI=1S/C15H13N7OS/c1-9-5-22-6-10(2-3-12(22)18-9)19-13(23)4-11-7-24-15(20-11)14-16-8-17-21-14/h2-3,5-8H,4H2,1H3,(H,19,23)(H,16,17,21). The molecule has 0 unspecified atom stereocenters. The van der Waals surface area contributed by atoms with Crippen LogP contribution in [0.3, 0.4) is 0 Å². The van der Waals surface area contributed by atoms with Gasteiger partial charge in [0.05, 0.1) is 23.5 Å². The lowest BCUT2D eigenvalue weighted by Gasteiger charge is -2.04. The Balaban J connectivity index is 1.45. The normalized spacial score (nSPS) is 11.0. The summed E-state index contributed by atoms with van der Waals surface area (Å²) < 4.78 is 1.88. The van der Waals surface area contributed by atoms with Crippen molar-refractivity contribution in [2.45, 2.75) is 13.3 Å². The molecule has 0 spiro atoms. The maximum atomic E-state index is 12.2. The second-order valence-electron chi connectivity index (χ2n) is 5.27. The average molecular weight is 339 g/mol. The van der Waals surface area contributed by atoms with Crippen LogP contribution in [0.25, 0.3) is 16.5 Å². The Morgan fingerprint density at radius 1 is 1.33 bits per heavy atom. The second-order valence-corrected chi connectivity index (χ2v) is 6.13. The summed E-state index contributed by atoms with van der Waals surface area (Å²) in [6.07, 6.45) is 5.38. The summed E-state index contributed by atoms with van der Waals surface area (Å²) in [6, 6.07) is 3.70. The molecule has 8 nitrogen and oxygen atoms in total. The number of hydrogen-bond donors (Lipinski definition) is 2. The summed E-state index contributed by atoms with van der Waals surface area (Å²) in [6.45, 7) is 1.93. The Bertz CT molecular complexity index is 1000. The predicted molar refractivity (Wildman–Crippen MR) is 89.8 cm³/mol. The zero-order chi connectivity index (χ0) is 16.5. The first-order chi connectivity index (χ1) is 11.7. The summed E-state index contributed by atoms with van der Waals surface area (Å²) >= 11 is 1.42. The maximum absolute atomic E-state index is 12.2. The van der Waals surface area contributed by atoms with Gasteiger partial charge in [0.15, 0.2) is 10.8 Å². The Hall–Kier alpha value is -3.07. The van der Waals surface area contributed by atoms with Crippen LogP contribution in [0, 0.1) is 6.92 Å². The maximum Gasteiger partial charge on any atom is 0.230 e. The lowest BCUT2D eigenvalue weighted by atomic mass is 10.3. The molecule has 0 saturated carbocycles.